The molecule has 0 aliphatic carbocycles. The molecule has 2 nitrogen and oxygen atoms in total. The summed E-state index contributed by atoms with van der Waals surface area (Å²) in [7, 11) is 0. The van der Waals surface area contributed by atoms with E-state index in [4.69, 9.17) is 0 Å². The van der Waals surface area contributed by atoms with E-state index in [-0.39, 0.29) is 0 Å². The lowest BCUT2D eigenvalue weighted by Crippen LogP contribution is -2.30. The smallest absolute Gasteiger partial charge is 0.338 e. The maximum Gasteiger partial charge on any atom is 0.416 e. The molecule has 0 amide bonds. The molecule has 0 fully saturated rings. The van der Waals surface area contributed by atoms with Crippen LogP contribution < -0.4 is 9.80 Å². The van der Waals surface area contributed by atoms with E-state index in [1.807, 2.05) is 30.9 Å². The van der Waals surface area contributed by atoms with Crippen molar-refractivity contribution in [2.45, 2.75) is 33.9 Å². The molecule has 0 aromatic heterocycles. The predicted octanol–water partition coefficient (Wildman–Crippen LogP) is 5.95. The van der Waals surface area contributed by atoms with E-state index >= 15 is 0 Å². The molecule has 3 rings (SSSR count). The standard InChI is InChI=1S/C19H21F3N2/c1-5-23-16-9-7-12(3)13(4)18(16)24(6-2)15-10-8-14(11-17(15)23)19(20,21)22/h7-11H,5-6H2,1-4H3. The summed E-state index contributed by atoms with van der Waals surface area (Å²) >= 11 is 0. The maximum atomic E-state index is 13.1. The summed E-state index contributed by atoms with van der Waals surface area (Å²) in [6.45, 7) is 9.43. The highest BCUT2D eigenvalue weighted by Crippen LogP contribution is 2.50. The second-order valence-electron chi connectivity index (χ2n) is 6.06. The molecular weight excluding hydrogens is 313 g/mol. The van der Waals surface area contributed by atoms with Gasteiger partial charge in [-0.3, -0.25) is 0 Å². The average Bonchev–Trinajstić information content (AvgIpc) is 2.54. The van der Waals surface area contributed by atoms with Crippen LogP contribution in [0.5, 0.6) is 0 Å². The largest absolute Gasteiger partial charge is 0.416 e. The van der Waals surface area contributed by atoms with Gasteiger partial charge in [-0.05, 0) is 63.1 Å². The Labute approximate surface area is 140 Å². The van der Waals surface area contributed by atoms with E-state index in [9.17, 15) is 13.2 Å². The van der Waals surface area contributed by atoms with Crippen molar-refractivity contribution < 1.29 is 13.2 Å². The van der Waals surface area contributed by atoms with Crippen LogP contribution in [0, 0.1) is 13.8 Å². The molecule has 0 spiro atoms. The third-order valence-electron chi connectivity index (χ3n) is 4.76. The third-order valence-corrected chi connectivity index (χ3v) is 4.76. The van der Waals surface area contributed by atoms with Crippen LogP contribution in [-0.4, -0.2) is 13.1 Å². The van der Waals surface area contributed by atoms with Gasteiger partial charge in [0.1, 0.15) is 0 Å². The van der Waals surface area contributed by atoms with Gasteiger partial charge in [0.25, 0.3) is 0 Å². The van der Waals surface area contributed by atoms with Gasteiger partial charge in [-0.1, -0.05) is 6.07 Å². The summed E-state index contributed by atoms with van der Waals surface area (Å²) in [4.78, 5) is 4.08. The number of halogens is 3. The number of rotatable bonds is 2. The summed E-state index contributed by atoms with van der Waals surface area (Å²) in [6, 6.07) is 8.07. The Hall–Kier alpha value is -2.17. The van der Waals surface area contributed by atoms with Crippen molar-refractivity contribution in [2.24, 2.45) is 0 Å². The summed E-state index contributed by atoms with van der Waals surface area (Å²) < 4.78 is 39.4. The Morgan fingerprint density at radius 3 is 2.04 bits per heavy atom. The molecule has 0 saturated heterocycles. The van der Waals surface area contributed by atoms with Crippen LogP contribution in [0.1, 0.15) is 30.5 Å². The Bertz CT molecular complexity index is 781. The fourth-order valence-corrected chi connectivity index (χ4v) is 3.41. The summed E-state index contributed by atoms with van der Waals surface area (Å²) in [6.07, 6.45) is -4.34. The number of hydrogen-bond donors (Lipinski definition) is 0. The lowest BCUT2D eigenvalue weighted by atomic mass is 9.99. The Morgan fingerprint density at radius 2 is 1.46 bits per heavy atom. The van der Waals surface area contributed by atoms with Crippen molar-refractivity contribution in [1.29, 1.82) is 0 Å². The van der Waals surface area contributed by atoms with Crippen LogP contribution in [0.2, 0.25) is 0 Å². The van der Waals surface area contributed by atoms with Crippen LogP contribution in [0.15, 0.2) is 30.3 Å². The Balaban J connectivity index is 2.28. The fourth-order valence-electron chi connectivity index (χ4n) is 3.41. The number of alkyl halides is 3. The summed E-state index contributed by atoms with van der Waals surface area (Å²) in [5, 5.41) is 0. The number of aryl methyl sites for hydroxylation is 1. The zero-order valence-corrected chi connectivity index (χ0v) is 14.3. The van der Waals surface area contributed by atoms with E-state index in [2.05, 4.69) is 18.7 Å². The highest BCUT2D eigenvalue weighted by Gasteiger charge is 2.34. The number of anilines is 4. The zero-order valence-electron chi connectivity index (χ0n) is 14.3. The lowest BCUT2D eigenvalue weighted by Gasteiger charge is -2.41. The number of benzene rings is 2. The predicted molar refractivity (Wildman–Crippen MR) is 92.7 cm³/mol. The molecule has 24 heavy (non-hydrogen) atoms. The topological polar surface area (TPSA) is 6.48 Å². The monoisotopic (exact) mass is 334 g/mol. The van der Waals surface area contributed by atoms with Crippen LogP contribution >= 0.6 is 0 Å². The van der Waals surface area contributed by atoms with Crippen molar-refractivity contribution >= 4 is 22.7 Å². The van der Waals surface area contributed by atoms with E-state index in [0.717, 1.165) is 17.1 Å². The zero-order chi connectivity index (χ0) is 17.6. The lowest BCUT2D eigenvalue weighted by molar-refractivity contribution is -0.137. The van der Waals surface area contributed by atoms with Crippen molar-refractivity contribution in [3.8, 4) is 0 Å². The highest BCUT2D eigenvalue weighted by atomic mass is 19.4. The van der Waals surface area contributed by atoms with Gasteiger partial charge in [-0.25, -0.2) is 0 Å². The average molecular weight is 334 g/mol. The van der Waals surface area contributed by atoms with E-state index < -0.39 is 11.7 Å². The van der Waals surface area contributed by atoms with Gasteiger partial charge in [0, 0.05) is 13.1 Å². The molecule has 0 unspecified atom stereocenters. The quantitative estimate of drug-likeness (QED) is 0.669. The van der Waals surface area contributed by atoms with Crippen LogP contribution in [-0.2, 0) is 6.18 Å². The second-order valence-corrected chi connectivity index (χ2v) is 6.06. The van der Waals surface area contributed by atoms with E-state index in [1.165, 1.54) is 23.3 Å². The minimum absolute atomic E-state index is 0.608. The molecule has 128 valence electrons. The van der Waals surface area contributed by atoms with Gasteiger partial charge >= 0.3 is 6.18 Å². The highest BCUT2D eigenvalue weighted by molar-refractivity contribution is 5.95. The molecule has 0 saturated carbocycles. The van der Waals surface area contributed by atoms with Gasteiger partial charge in [0.05, 0.1) is 28.3 Å². The van der Waals surface area contributed by atoms with Crippen molar-refractivity contribution in [1.82, 2.24) is 0 Å². The molecule has 0 atom stereocenters. The maximum absolute atomic E-state index is 13.1. The SMILES string of the molecule is CCN1c2cc(C(F)(F)F)ccc2N(CC)c2c1ccc(C)c2C. The van der Waals surface area contributed by atoms with E-state index in [1.54, 1.807) is 6.07 Å². The Kier molecular flexibility index (Phi) is 3.98. The minimum atomic E-state index is -4.34. The number of fused-ring (bicyclic) bond motifs is 2. The van der Waals surface area contributed by atoms with Crippen LogP contribution in [0.25, 0.3) is 0 Å². The summed E-state index contributed by atoms with van der Waals surface area (Å²) in [5.74, 6) is 0. The molecule has 0 radical (unpaired) electrons. The molecule has 2 aromatic rings. The molecule has 1 aliphatic heterocycles. The van der Waals surface area contributed by atoms with Gasteiger partial charge in [0.2, 0.25) is 0 Å². The molecule has 2 aromatic carbocycles. The molecule has 5 heteroatoms. The van der Waals surface area contributed by atoms with Gasteiger partial charge in [-0.2, -0.15) is 13.2 Å². The summed E-state index contributed by atoms with van der Waals surface area (Å²) in [5.41, 5.74) is 5.24. The first-order chi connectivity index (χ1) is 11.3. The van der Waals surface area contributed by atoms with Gasteiger partial charge in [0.15, 0.2) is 0 Å². The van der Waals surface area contributed by atoms with Crippen LogP contribution in [0.3, 0.4) is 0 Å². The van der Waals surface area contributed by atoms with Crippen LogP contribution in [0.4, 0.5) is 35.9 Å². The number of hydrogen-bond acceptors (Lipinski definition) is 2. The minimum Gasteiger partial charge on any atom is -0.338 e. The molecule has 1 heterocycles. The number of nitrogens with zero attached hydrogens (tertiary/aromatic N) is 2. The fraction of sp³-hybridized carbons (Fsp3) is 0.368. The third kappa shape index (κ3) is 2.43. The first-order valence-corrected chi connectivity index (χ1v) is 8.16. The first-order valence-electron chi connectivity index (χ1n) is 8.16. The first kappa shape index (κ1) is 16.7. The van der Waals surface area contributed by atoms with Crippen molar-refractivity contribution in [2.75, 3.05) is 22.9 Å². The van der Waals surface area contributed by atoms with Gasteiger partial charge in [-0.15, -0.1) is 0 Å². The second kappa shape index (κ2) is 5.72. The van der Waals surface area contributed by atoms with Gasteiger partial charge < -0.3 is 9.80 Å². The molecule has 0 N–H and O–H groups in total. The molecular formula is C19H21F3N2. The van der Waals surface area contributed by atoms with Crippen molar-refractivity contribution in [3.63, 3.8) is 0 Å². The normalized spacial score (nSPS) is 13.8. The Morgan fingerprint density at radius 1 is 0.833 bits per heavy atom. The molecule has 1 aliphatic rings. The molecule has 0 bridgehead atoms. The van der Waals surface area contributed by atoms with Crippen molar-refractivity contribution in [3.05, 3.63) is 47.0 Å². The van der Waals surface area contributed by atoms with E-state index in [0.29, 0.717) is 18.8 Å².